The first-order chi connectivity index (χ1) is 9.67. The summed E-state index contributed by atoms with van der Waals surface area (Å²) in [5.41, 5.74) is 1.11. The molecule has 0 fully saturated rings. The Bertz CT molecular complexity index is 345. The van der Waals surface area contributed by atoms with Gasteiger partial charge in [0.2, 0.25) is 0 Å². The van der Waals surface area contributed by atoms with Crippen molar-refractivity contribution < 1.29 is 14.9 Å². The van der Waals surface area contributed by atoms with Gasteiger partial charge < -0.3 is 20.3 Å². The van der Waals surface area contributed by atoms with Gasteiger partial charge in [0.25, 0.3) is 0 Å². The summed E-state index contributed by atoms with van der Waals surface area (Å²) in [4.78, 5) is 0. The van der Waals surface area contributed by atoms with Crippen molar-refractivity contribution in [3.8, 4) is 0 Å². The van der Waals surface area contributed by atoms with Crippen LogP contribution in [-0.4, -0.2) is 42.1 Å². The lowest BCUT2D eigenvalue weighted by Gasteiger charge is -2.20. The summed E-state index contributed by atoms with van der Waals surface area (Å²) < 4.78 is 5.68. The van der Waals surface area contributed by atoms with Crippen LogP contribution >= 0.6 is 0 Å². The van der Waals surface area contributed by atoms with E-state index in [4.69, 9.17) is 9.84 Å². The molecule has 1 rings (SSSR count). The van der Waals surface area contributed by atoms with Crippen molar-refractivity contribution in [3.05, 3.63) is 35.9 Å². The molecule has 0 radical (unpaired) electrons. The van der Waals surface area contributed by atoms with Crippen molar-refractivity contribution in [3.63, 3.8) is 0 Å². The molecule has 3 unspecified atom stereocenters. The maximum absolute atomic E-state index is 9.91. The molecule has 0 amide bonds. The fraction of sp³-hybridized carbons (Fsp3) is 0.625. The molecule has 0 heterocycles. The molecule has 114 valence electrons. The quantitative estimate of drug-likeness (QED) is 0.613. The van der Waals surface area contributed by atoms with Crippen LogP contribution in [0.2, 0.25) is 0 Å². The second-order valence-electron chi connectivity index (χ2n) is 5.07. The normalized spacial score (nSPS) is 15.8. The number of benzene rings is 1. The molecule has 20 heavy (non-hydrogen) atoms. The molecule has 4 heteroatoms. The first kappa shape index (κ1) is 17.1. The molecule has 4 nitrogen and oxygen atoms in total. The van der Waals surface area contributed by atoms with Crippen LogP contribution in [0.4, 0.5) is 0 Å². The second-order valence-corrected chi connectivity index (χ2v) is 5.07. The standard InChI is InChI=1S/C16H27NO3/c1-3-15(9-10-18)17-11-16(19)12-20-13(2)14-7-5-4-6-8-14/h4-8,13,15-19H,3,9-12H2,1-2H3. The van der Waals surface area contributed by atoms with E-state index in [0.29, 0.717) is 19.6 Å². The SMILES string of the molecule is CCC(CCO)NCC(O)COC(C)c1ccccc1. The van der Waals surface area contributed by atoms with Crippen molar-refractivity contribution >= 4 is 0 Å². The van der Waals surface area contributed by atoms with E-state index >= 15 is 0 Å². The summed E-state index contributed by atoms with van der Waals surface area (Å²) >= 11 is 0. The second kappa shape index (κ2) is 9.88. The molecule has 0 bridgehead atoms. The Labute approximate surface area is 121 Å². The number of rotatable bonds is 10. The average molecular weight is 281 g/mol. The van der Waals surface area contributed by atoms with Gasteiger partial charge in [-0.2, -0.15) is 0 Å². The zero-order chi connectivity index (χ0) is 14.8. The fourth-order valence-corrected chi connectivity index (χ4v) is 2.04. The zero-order valence-electron chi connectivity index (χ0n) is 12.5. The molecular formula is C16H27NO3. The predicted molar refractivity (Wildman–Crippen MR) is 80.6 cm³/mol. The molecule has 0 saturated heterocycles. The first-order valence-corrected chi connectivity index (χ1v) is 7.36. The van der Waals surface area contributed by atoms with Gasteiger partial charge in [-0.1, -0.05) is 37.3 Å². The number of aliphatic hydroxyl groups is 2. The van der Waals surface area contributed by atoms with Gasteiger partial charge in [-0.15, -0.1) is 0 Å². The molecule has 1 aromatic rings. The van der Waals surface area contributed by atoms with E-state index in [1.807, 2.05) is 37.3 Å². The monoisotopic (exact) mass is 281 g/mol. The highest BCUT2D eigenvalue weighted by Gasteiger charge is 2.11. The van der Waals surface area contributed by atoms with E-state index in [1.165, 1.54) is 0 Å². The Morgan fingerprint density at radius 2 is 1.95 bits per heavy atom. The number of hydrogen-bond donors (Lipinski definition) is 3. The van der Waals surface area contributed by atoms with Gasteiger partial charge >= 0.3 is 0 Å². The molecule has 0 saturated carbocycles. The van der Waals surface area contributed by atoms with Crippen molar-refractivity contribution in [2.45, 2.75) is 44.9 Å². The van der Waals surface area contributed by atoms with Gasteiger partial charge in [0.15, 0.2) is 0 Å². The van der Waals surface area contributed by atoms with E-state index in [0.717, 1.165) is 12.0 Å². The molecule has 0 aliphatic rings. The number of aliphatic hydroxyl groups excluding tert-OH is 2. The van der Waals surface area contributed by atoms with Crippen LogP contribution in [0.3, 0.4) is 0 Å². The summed E-state index contributed by atoms with van der Waals surface area (Å²) in [5, 5.41) is 22.1. The lowest BCUT2D eigenvalue weighted by atomic mass is 10.1. The highest BCUT2D eigenvalue weighted by atomic mass is 16.5. The minimum absolute atomic E-state index is 0.0229. The highest BCUT2D eigenvalue weighted by molar-refractivity contribution is 5.16. The minimum atomic E-state index is -0.533. The van der Waals surface area contributed by atoms with E-state index in [9.17, 15) is 5.11 Å². The van der Waals surface area contributed by atoms with Crippen LogP contribution in [0.25, 0.3) is 0 Å². The smallest absolute Gasteiger partial charge is 0.0898 e. The van der Waals surface area contributed by atoms with Crippen molar-refractivity contribution in [1.29, 1.82) is 0 Å². The van der Waals surface area contributed by atoms with Gasteiger partial charge in [0.05, 0.1) is 18.8 Å². The Balaban J connectivity index is 2.24. The highest BCUT2D eigenvalue weighted by Crippen LogP contribution is 2.15. The lowest BCUT2D eigenvalue weighted by Crippen LogP contribution is -2.37. The molecule has 0 aliphatic heterocycles. The molecule has 0 aromatic heterocycles. The van der Waals surface area contributed by atoms with Crippen LogP contribution < -0.4 is 5.32 Å². The molecular weight excluding hydrogens is 254 g/mol. The molecule has 0 aliphatic carbocycles. The fourth-order valence-electron chi connectivity index (χ4n) is 2.04. The Kier molecular flexibility index (Phi) is 8.46. The van der Waals surface area contributed by atoms with Gasteiger partial charge in [-0.25, -0.2) is 0 Å². The van der Waals surface area contributed by atoms with Crippen LogP contribution in [0.5, 0.6) is 0 Å². The largest absolute Gasteiger partial charge is 0.396 e. The third-order valence-electron chi connectivity index (χ3n) is 3.42. The Morgan fingerprint density at radius 1 is 1.25 bits per heavy atom. The number of hydrogen-bond acceptors (Lipinski definition) is 4. The molecule has 3 atom stereocenters. The van der Waals surface area contributed by atoms with Gasteiger partial charge in [0.1, 0.15) is 0 Å². The zero-order valence-corrected chi connectivity index (χ0v) is 12.5. The van der Waals surface area contributed by atoms with Crippen molar-refractivity contribution in [2.24, 2.45) is 0 Å². The molecule has 1 aromatic carbocycles. The van der Waals surface area contributed by atoms with Crippen molar-refractivity contribution in [2.75, 3.05) is 19.8 Å². The topological polar surface area (TPSA) is 61.7 Å². The molecule has 0 spiro atoms. The summed E-state index contributed by atoms with van der Waals surface area (Å²) in [6.07, 6.45) is 1.10. The Morgan fingerprint density at radius 3 is 2.55 bits per heavy atom. The van der Waals surface area contributed by atoms with E-state index in [2.05, 4.69) is 12.2 Å². The number of ether oxygens (including phenoxy) is 1. The first-order valence-electron chi connectivity index (χ1n) is 7.36. The minimum Gasteiger partial charge on any atom is -0.396 e. The van der Waals surface area contributed by atoms with E-state index in [-0.39, 0.29) is 18.8 Å². The summed E-state index contributed by atoms with van der Waals surface area (Å²) in [5.74, 6) is 0. The van der Waals surface area contributed by atoms with Gasteiger partial charge in [-0.05, 0) is 25.3 Å². The van der Waals surface area contributed by atoms with Crippen molar-refractivity contribution in [1.82, 2.24) is 5.32 Å². The van der Waals surface area contributed by atoms with Crippen LogP contribution in [0.1, 0.15) is 38.4 Å². The summed E-state index contributed by atoms with van der Waals surface area (Å²) in [6, 6.07) is 10.2. The third kappa shape index (κ3) is 6.48. The maximum atomic E-state index is 9.91. The average Bonchev–Trinajstić information content (AvgIpc) is 2.49. The van der Waals surface area contributed by atoms with E-state index in [1.54, 1.807) is 0 Å². The molecule has 3 N–H and O–H groups in total. The van der Waals surface area contributed by atoms with E-state index < -0.39 is 6.10 Å². The van der Waals surface area contributed by atoms with Crippen LogP contribution in [-0.2, 0) is 4.74 Å². The summed E-state index contributed by atoms with van der Waals surface area (Å²) in [6.45, 7) is 5.01. The maximum Gasteiger partial charge on any atom is 0.0898 e. The van der Waals surface area contributed by atoms with Crippen LogP contribution in [0.15, 0.2) is 30.3 Å². The predicted octanol–water partition coefficient (Wildman–Crippen LogP) is 1.88. The van der Waals surface area contributed by atoms with Gasteiger partial charge in [-0.3, -0.25) is 0 Å². The van der Waals surface area contributed by atoms with Crippen LogP contribution in [0, 0.1) is 0 Å². The van der Waals surface area contributed by atoms with Gasteiger partial charge in [0, 0.05) is 19.2 Å². The summed E-state index contributed by atoms with van der Waals surface area (Å²) in [7, 11) is 0. The Hall–Kier alpha value is -0.940. The third-order valence-corrected chi connectivity index (χ3v) is 3.42. The lowest BCUT2D eigenvalue weighted by molar-refractivity contribution is -0.00316. The number of nitrogens with one attached hydrogen (secondary N) is 1.